The molecule has 3 rings (SSSR count). The highest BCUT2D eigenvalue weighted by atomic mass is 16.2. The maximum absolute atomic E-state index is 12.4. The molecule has 1 N–H and O–H groups in total. The van der Waals surface area contributed by atoms with Crippen LogP contribution in [0.3, 0.4) is 0 Å². The second kappa shape index (κ2) is 7.93. The number of nitrogens with one attached hydrogen (secondary N) is 1. The smallest absolute Gasteiger partial charge is 0.250 e. The number of carbonyl (C=O) groups is 1. The predicted molar refractivity (Wildman–Crippen MR) is 93.7 cm³/mol. The molecule has 1 aromatic carbocycles. The fourth-order valence-electron chi connectivity index (χ4n) is 3.13. The van der Waals surface area contributed by atoms with Gasteiger partial charge in [0.15, 0.2) is 0 Å². The van der Waals surface area contributed by atoms with Crippen LogP contribution in [-0.4, -0.2) is 35.0 Å². The molecule has 1 amide bonds. The monoisotopic (exact) mass is 325 g/mol. The van der Waals surface area contributed by atoms with Crippen LogP contribution < -0.4 is 10.9 Å². The van der Waals surface area contributed by atoms with Crippen LogP contribution in [0.25, 0.3) is 0 Å². The summed E-state index contributed by atoms with van der Waals surface area (Å²) >= 11 is 0. The van der Waals surface area contributed by atoms with Gasteiger partial charge in [-0.3, -0.25) is 9.59 Å². The summed E-state index contributed by atoms with van der Waals surface area (Å²) in [5.74, 6) is -0.142. The number of rotatable bonds is 6. The van der Waals surface area contributed by atoms with Crippen molar-refractivity contribution < 1.29 is 4.79 Å². The van der Waals surface area contributed by atoms with E-state index in [1.807, 2.05) is 30.3 Å². The third kappa shape index (κ3) is 4.32. The summed E-state index contributed by atoms with van der Waals surface area (Å²) in [6.45, 7) is 3.01. The first-order valence-corrected chi connectivity index (χ1v) is 8.44. The van der Waals surface area contributed by atoms with Gasteiger partial charge < -0.3 is 14.8 Å². The second-order valence-electron chi connectivity index (χ2n) is 6.21. The Hall–Kier alpha value is -2.40. The van der Waals surface area contributed by atoms with Gasteiger partial charge in [-0.25, -0.2) is 0 Å². The van der Waals surface area contributed by atoms with Crippen LogP contribution in [0.2, 0.25) is 0 Å². The third-order valence-electron chi connectivity index (χ3n) is 4.39. The molecule has 0 spiro atoms. The summed E-state index contributed by atoms with van der Waals surface area (Å²) in [6, 6.07) is 14.9. The summed E-state index contributed by atoms with van der Waals surface area (Å²) in [7, 11) is 0. The quantitative estimate of drug-likeness (QED) is 0.881. The largest absolute Gasteiger partial charge is 0.346 e. The van der Waals surface area contributed by atoms with Crippen molar-refractivity contribution in [2.45, 2.75) is 25.4 Å². The molecular weight excluding hydrogens is 302 g/mol. The van der Waals surface area contributed by atoms with Crippen molar-refractivity contribution in [1.29, 1.82) is 0 Å². The number of nitrogens with zero attached hydrogens (tertiary/aromatic N) is 2. The number of aromatic nitrogens is 1. The number of pyridine rings is 1. The van der Waals surface area contributed by atoms with Gasteiger partial charge in [-0.1, -0.05) is 36.4 Å². The molecule has 0 bridgehead atoms. The van der Waals surface area contributed by atoms with E-state index in [0.717, 1.165) is 25.2 Å². The average molecular weight is 325 g/mol. The van der Waals surface area contributed by atoms with E-state index >= 15 is 0 Å². The van der Waals surface area contributed by atoms with Crippen LogP contribution in [-0.2, 0) is 11.3 Å². The van der Waals surface area contributed by atoms with Gasteiger partial charge in [0.25, 0.3) is 5.56 Å². The molecule has 0 radical (unpaired) electrons. The molecule has 1 fully saturated rings. The highest BCUT2D eigenvalue weighted by Gasteiger charge is 2.20. The highest BCUT2D eigenvalue weighted by molar-refractivity contribution is 5.76. The SMILES string of the molecule is O=C(Cn1ccccc1=O)NC(CN1CCCC1)c1ccccc1. The Morgan fingerprint density at radius 2 is 1.75 bits per heavy atom. The van der Waals surface area contributed by atoms with Crippen molar-refractivity contribution in [3.8, 4) is 0 Å². The maximum atomic E-state index is 12.4. The van der Waals surface area contributed by atoms with Gasteiger partial charge in [0.05, 0.1) is 6.04 Å². The van der Waals surface area contributed by atoms with E-state index < -0.39 is 0 Å². The van der Waals surface area contributed by atoms with Gasteiger partial charge in [-0.2, -0.15) is 0 Å². The minimum absolute atomic E-state index is 0.0446. The first-order chi connectivity index (χ1) is 11.7. The standard InChI is InChI=1S/C19H23N3O2/c23-18(15-22-13-5-4-10-19(22)24)20-17(14-21-11-6-7-12-21)16-8-2-1-3-9-16/h1-5,8-10,13,17H,6-7,11-12,14-15H2,(H,20,23). The summed E-state index contributed by atoms with van der Waals surface area (Å²) in [4.78, 5) is 26.6. The van der Waals surface area contributed by atoms with E-state index in [-0.39, 0.29) is 24.1 Å². The molecule has 0 aliphatic carbocycles. The van der Waals surface area contributed by atoms with Crippen molar-refractivity contribution in [3.63, 3.8) is 0 Å². The Balaban J connectivity index is 1.69. The molecule has 1 aromatic heterocycles. The minimum Gasteiger partial charge on any atom is -0.346 e. The third-order valence-corrected chi connectivity index (χ3v) is 4.39. The van der Waals surface area contributed by atoms with Crippen LogP contribution in [0.5, 0.6) is 0 Å². The summed E-state index contributed by atoms with van der Waals surface area (Å²) in [6.07, 6.45) is 4.07. The van der Waals surface area contributed by atoms with E-state index in [1.165, 1.54) is 23.5 Å². The number of hydrogen-bond acceptors (Lipinski definition) is 3. The second-order valence-corrected chi connectivity index (χ2v) is 6.21. The van der Waals surface area contributed by atoms with Crippen molar-refractivity contribution in [2.24, 2.45) is 0 Å². The van der Waals surface area contributed by atoms with E-state index in [1.54, 1.807) is 18.3 Å². The van der Waals surface area contributed by atoms with E-state index in [9.17, 15) is 9.59 Å². The first-order valence-electron chi connectivity index (χ1n) is 8.44. The molecule has 126 valence electrons. The number of benzene rings is 1. The Morgan fingerprint density at radius 3 is 2.46 bits per heavy atom. The summed E-state index contributed by atoms with van der Waals surface area (Å²) in [5, 5.41) is 3.10. The van der Waals surface area contributed by atoms with E-state index in [0.29, 0.717) is 0 Å². The highest BCUT2D eigenvalue weighted by Crippen LogP contribution is 2.17. The zero-order valence-corrected chi connectivity index (χ0v) is 13.7. The fraction of sp³-hybridized carbons (Fsp3) is 0.368. The summed E-state index contributed by atoms with van der Waals surface area (Å²) < 4.78 is 1.42. The van der Waals surface area contributed by atoms with Crippen LogP contribution >= 0.6 is 0 Å². The van der Waals surface area contributed by atoms with Crippen LogP contribution in [0, 0.1) is 0 Å². The van der Waals surface area contributed by atoms with Crippen molar-refractivity contribution in [3.05, 3.63) is 70.6 Å². The first kappa shape index (κ1) is 16.5. The molecule has 1 aliphatic rings. The Morgan fingerprint density at radius 1 is 1.04 bits per heavy atom. The van der Waals surface area contributed by atoms with E-state index in [2.05, 4.69) is 10.2 Å². The maximum Gasteiger partial charge on any atom is 0.250 e. The van der Waals surface area contributed by atoms with Crippen LogP contribution in [0.15, 0.2) is 59.5 Å². The van der Waals surface area contributed by atoms with Crippen molar-refractivity contribution in [1.82, 2.24) is 14.8 Å². The predicted octanol–water partition coefficient (Wildman–Crippen LogP) is 1.80. The average Bonchev–Trinajstić information content (AvgIpc) is 3.10. The molecule has 0 saturated carbocycles. The lowest BCUT2D eigenvalue weighted by Gasteiger charge is -2.25. The van der Waals surface area contributed by atoms with Crippen molar-refractivity contribution >= 4 is 5.91 Å². The van der Waals surface area contributed by atoms with Crippen molar-refractivity contribution in [2.75, 3.05) is 19.6 Å². The number of amides is 1. The Kier molecular flexibility index (Phi) is 5.43. The van der Waals surface area contributed by atoms with Crippen LogP contribution in [0.1, 0.15) is 24.4 Å². The lowest BCUT2D eigenvalue weighted by molar-refractivity contribution is -0.122. The van der Waals surface area contributed by atoms with E-state index in [4.69, 9.17) is 0 Å². The van der Waals surface area contributed by atoms with Gasteiger partial charge in [-0.05, 0) is 37.6 Å². The topological polar surface area (TPSA) is 54.3 Å². The molecule has 1 aliphatic heterocycles. The number of hydrogen-bond donors (Lipinski definition) is 1. The molecule has 2 aromatic rings. The zero-order valence-electron chi connectivity index (χ0n) is 13.7. The molecule has 2 heterocycles. The Bertz CT molecular complexity index is 721. The molecule has 1 saturated heterocycles. The minimum atomic E-state index is -0.163. The molecule has 24 heavy (non-hydrogen) atoms. The fourth-order valence-corrected chi connectivity index (χ4v) is 3.13. The van der Waals surface area contributed by atoms with Gasteiger partial charge >= 0.3 is 0 Å². The lowest BCUT2D eigenvalue weighted by Crippen LogP contribution is -2.39. The molecule has 5 nitrogen and oxygen atoms in total. The lowest BCUT2D eigenvalue weighted by atomic mass is 10.1. The zero-order chi connectivity index (χ0) is 16.8. The van der Waals surface area contributed by atoms with Gasteiger partial charge in [0.2, 0.25) is 5.91 Å². The number of carbonyl (C=O) groups excluding carboxylic acids is 1. The molecule has 5 heteroatoms. The van der Waals surface area contributed by atoms with Gasteiger partial charge in [0, 0.05) is 18.8 Å². The van der Waals surface area contributed by atoms with Crippen LogP contribution in [0.4, 0.5) is 0 Å². The normalized spacial score (nSPS) is 16.0. The number of likely N-dealkylation sites (tertiary alicyclic amines) is 1. The summed E-state index contributed by atoms with van der Waals surface area (Å²) in [5.41, 5.74) is 0.932. The van der Waals surface area contributed by atoms with Gasteiger partial charge in [-0.15, -0.1) is 0 Å². The molecular formula is C19H23N3O2. The molecule has 1 atom stereocenters. The van der Waals surface area contributed by atoms with Gasteiger partial charge in [0.1, 0.15) is 6.54 Å². The molecule has 1 unspecified atom stereocenters. The Labute approximate surface area is 141 Å².